The molecule has 0 aromatic heterocycles. The number of ether oxygens (including phenoxy) is 1. The summed E-state index contributed by atoms with van der Waals surface area (Å²) in [5, 5.41) is 17.5. The van der Waals surface area contributed by atoms with Crippen molar-refractivity contribution in [1.29, 1.82) is 0 Å². The molecule has 0 aliphatic heterocycles. The average molecular weight is 368 g/mol. The van der Waals surface area contributed by atoms with Crippen molar-refractivity contribution in [2.45, 2.75) is 17.4 Å². The number of aliphatic hydroxyl groups is 1. The van der Waals surface area contributed by atoms with Gasteiger partial charge in [-0.1, -0.05) is 0 Å². The van der Waals surface area contributed by atoms with Crippen LogP contribution in [0.2, 0.25) is 0 Å². The van der Waals surface area contributed by atoms with Crippen LogP contribution in [0.3, 0.4) is 0 Å². The Morgan fingerprint density at radius 3 is 2.65 bits per heavy atom. The lowest BCUT2D eigenvalue weighted by molar-refractivity contribution is -0.146. The van der Waals surface area contributed by atoms with Crippen LogP contribution in [0, 0.1) is 0 Å². The predicted molar refractivity (Wildman–Crippen MR) is 74.1 cm³/mol. The molecule has 1 aromatic carbocycles. The number of halogens is 1. The van der Waals surface area contributed by atoms with E-state index >= 15 is 0 Å². The fourth-order valence-electron chi connectivity index (χ4n) is 1.35. The van der Waals surface area contributed by atoms with E-state index in [0.29, 0.717) is 10.2 Å². The number of carboxylic acids is 1. The molecular weight excluding hydrogens is 354 g/mol. The average Bonchev–Trinajstić information content (AvgIpc) is 2.38. The van der Waals surface area contributed by atoms with Crippen molar-refractivity contribution in [3.63, 3.8) is 0 Å². The molecule has 1 aromatic rings. The topological polar surface area (TPSA) is 113 Å². The van der Waals surface area contributed by atoms with Gasteiger partial charge in [0, 0.05) is 6.54 Å². The molecule has 9 heteroatoms. The van der Waals surface area contributed by atoms with Gasteiger partial charge in [0.15, 0.2) is 6.10 Å². The number of aliphatic carboxylic acids is 1. The Morgan fingerprint density at radius 1 is 1.50 bits per heavy atom. The maximum absolute atomic E-state index is 11.9. The molecule has 1 rings (SSSR count). The zero-order valence-electron chi connectivity index (χ0n) is 10.5. The summed E-state index contributed by atoms with van der Waals surface area (Å²) in [7, 11) is -2.31. The quantitative estimate of drug-likeness (QED) is 0.649. The maximum atomic E-state index is 11.9. The number of carboxylic acid groups (broad SMARTS) is 1. The molecule has 0 bridgehead atoms. The number of hydrogen-bond acceptors (Lipinski definition) is 5. The maximum Gasteiger partial charge on any atom is 0.332 e. The van der Waals surface area contributed by atoms with Crippen molar-refractivity contribution in [3.05, 3.63) is 22.7 Å². The summed E-state index contributed by atoms with van der Waals surface area (Å²) in [4.78, 5) is 10.4. The summed E-state index contributed by atoms with van der Waals surface area (Å²) in [6.45, 7) is -0.181. The second-order valence-corrected chi connectivity index (χ2v) is 6.46. The zero-order valence-corrected chi connectivity index (χ0v) is 12.9. The first kappa shape index (κ1) is 16.9. The summed E-state index contributed by atoms with van der Waals surface area (Å²) in [5.41, 5.74) is 0. The molecular formula is C11H14BrNO6S. The van der Waals surface area contributed by atoms with Gasteiger partial charge in [0.2, 0.25) is 10.0 Å². The van der Waals surface area contributed by atoms with Crippen LogP contribution in [0.15, 0.2) is 27.6 Å². The van der Waals surface area contributed by atoms with Crippen molar-refractivity contribution in [2.24, 2.45) is 0 Å². The molecule has 0 fully saturated rings. The van der Waals surface area contributed by atoms with Crippen molar-refractivity contribution >= 4 is 31.9 Å². The molecule has 0 radical (unpaired) electrons. The fraction of sp³-hybridized carbons (Fsp3) is 0.364. The molecule has 0 unspecified atom stereocenters. The van der Waals surface area contributed by atoms with Crippen LogP contribution < -0.4 is 9.46 Å². The van der Waals surface area contributed by atoms with E-state index in [9.17, 15) is 13.2 Å². The van der Waals surface area contributed by atoms with Crippen LogP contribution in [0.25, 0.3) is 0 Å². The van der Waals surface area contributed by atoms with E-state index in [1.54, 1.807) is 0 Å². The van der Waals surface area contributed by atoms with Gasteiger partial charge in [-0.25, -0.2) is 17.9 Å². The van der Waals surface area contributed by atoms with Crippen LogP contribution in [0.1, 0.15) is 6.42 Å². The van der Waals surface area contributed by atoms with Crippen LogP contribution in [-0.2, 0) is 14.8 Å². The highest BCUT2D eigenvalue weighted by molar-refractivity contribution is 9.10. The molecule has 0 aliphatic rings. The lowest BCUT2D eigenvalue weighted by Crippen LogP contribution is -2.30. The van der Waals surface area contributed by atoms with Gasteiger partial charge in [0.05, 0.1) is 16.5 Å². The number of nitrogens with one attached hydrogen (secondary N) is 1. The first-order valence-corrected chi connectivity index (χ1v) is 7.79. The molecule has 1 atom stereocenters. The van der Waals surface area contributed by atoms with E-state index in [2.05, 4.69) is 20.7 Å². The minimum atomic E-state index is -3.77. The lowest BCUT2D eigenvalue weighted by Gasteiger charge is -2.10. The number of sulfonamides is 1. The Bertz CT molecular complexity index is 589. The number of rotatable bonds is 7. The van der Waals surface area contributed by atoms with E-state index in [-0.39, 0.29) is 17.9 Å². The van der Waals surface area contributed by atoms with E-state index < -0.39 is 22.1 Å². The Morgan fingerprint density at radius 2 is 2.15 bits per heavy atom. The van der Waals surface area contributed by atoms with Crippen LogP contribution >= 0.6 is 15.9 Å². The van der Waals surface area contributed by atoms with Crippen molar-refractivity contribution in [2.75, 3.05) is 13.7 Å². The van der Waals surface area contributed by atoms with E-state index in [0.717, 1.165) is 0 Å². The van der Waals surface area contributed by atoms with Crippen molar-refractivity contribution < 1.29 is 28.2 Å². The Hall–Kier alpha value is -1.16. The first-order valence-electron chi connectivity index (χ1n) is 5.52. The molecule has 112 valence electrons. The minimum Gasteiger partial charge on any atom is -0.496 e. The Kier molecular flexibility index (Phi) is 5.93. The highest BCUT2D eigenvalue weighted by Gasteiger charge is 2.18. The second-order valence-electron chi connectivity index (χ2n) is 3.84. The van der Waals surface area contributed by atoms with Gasteiger partial charge in [-0.3, -0.25) is 0 Å². The molecule has 7 nitrogen and oxygen atoms in total. The third-order valence-electron chi connectivity index (χ3n) is 2.43. The monoisotopic (exact) mass is 367 g/mol. The smallest absolute Gasteiger partial charge is 0.332 e. The molecule has 0 saturated heterocycles. The van der Waals surface area contributed by atoms with E-state index in [1.807, 2.05) is 0 Å². The summed E-state index contributed by atoms with van der Waals surface area (Å²) < 4.78 is 31.6. The second kappa shape index (κ2) is 7.02. The SMILES string of the molecule is COc1ccc(S(=O)(=O)NCC[C@H](O)C(=O)O)cc1Br. The number of benzene rings is 1. The largest absolute Gasteiger partial charge is 0.496 e. The number of methoxy groups -OCH3 is 1. The highest BCUT2D eigenvalue weighted by Crippen LogP contribution is 2.27. The fourth-order valence-corrected chi connectivity index (χ4v) is 3.12. The normalized spacial score (nSPS) is 12.9. The van der Waals surface area contributed by atoms with Gasteiger partial charge < -0.3 is 14.9 Å². The molecule has 20 heavy (non-hydrogen) atoms. The number of hydrogen-bond donors (Lipinski definition) is 3. The zero-order chi connectivity index (χ0) is 15.3. The van der Waals surface area contributed by atoms with Crippen molar-refractivity contribution in [3.8, 4) is 5.75 Å². The molecule has 0 spiro atoms. The van der Waals surface area contributed by atoms with Gasteiger partial charge in [-0.05, 0) is 40.5 Å². The Balaban J connectivity index is 2.74. The number of aliphatic hydroxyl groups excluding tert-OH is 1. The third kappa shape index (κ3) is 4.44. The molecule has 0 aliphatic carbocycles. The van der Waals surface area contributed by atoms with Crippen molar-refractivity contribution in [1.82, 2.24) is 4.72 Å². The third-order valence-corrected chi connectivity index (χ3v) is 4.51. The van der Waals surface area contributed by atoms with Crippen LogP contribution in [0.5, 0.6) is 5.75 Å². The summed E-state index contributed by atoms with van der Waals surface area (Å²) in [6, 6.07) is 4.22. The van der Waals surface area contributed by atoms with Gasteiger partial charge in [0.1, 0.15) is 5.75 Å². The molecule has 3 N–H and O–H groups in total. The van der Waals surface area contributed by atoms with Gasteiger partial charge in [0.25, 0.3) is 0 Å². The lowest BCUT2D eigenvalue weighted by atomic mass is 10.3. The highest BCUT2D eigenvalue weighted by atomic mass is 79.9. The molecule has 0 amide bonds. The van der Waals surface area contributed by atoms with Gasteiger partial charge in [-0.2, -0.15) is 0 Å². The van der Waals surface area contributed by atoms with Gasteiger partial charge >= 0.3 is 5.97 Å². The molecule has 0 heterocycles. The standard InChI is InChI=1S/C11H14BrNO6S/c1-19-10-3-2-7(6-8(10)12)20(17,18)13-5-4-9(14)11(15)16/h2-3,6,9,13-14H,4-5H2,1H3,(H,15,16)/t9-/m0/s1. The first-order chi connectivity index (χ1) is 9.27. The van der Waals surface area contributed by atoms with Crippen LogP contribution in [-0.4, -0.2) is 44.4 Å². The number of carbonyl (C=O) groups is 1. The summed E-state index contributed by atoms with van der Waals surface area (Å²) >= 11 is 3.18. The minimum absolute atomic E-state index is 0.00925. The predicted octanol–water partition coefficient (Wildman–Crippen LogP) is 0.572. The Labute approximate surface area is 124 Å². The van der Waals surface area contributed by atoms with Gasteiger partial charge in [-0.15, -0.1) is 0 Å². The summed E-state index contributed by atoms with van der Waals surface area (Å²) in [5.74, 6) is -0.901. The van der Waals surface area contributed by atoms with Crippen LogP contribution in [0.4, 0.5) is 0 Å². The molecule has 0 saturated carbocycles. The van der Waals surface area contributed by atoms with E-state index in [1.165, 1.54) is 25.3 Å². The summed E-state index contributed by atoms with van der Waals surface area (Å²) in [6.07, 6.45) is -1.81. The van der Waals surface area contributed by atoms with E-state index in [4.69, 9.17) is 14.9 Å².